The number of hydrogen-bond acceptors (Lipinski definition) is 3. The van der Waals surface area contributed by atoms with Gasteiger partial charge in [0.05, 0.1) is 0 Å². The number of aromatic hydroxyl groups is 1. The molecule has 4 heteroatoms. The largest absolute Gasteiger partial charge is 0.508 e. The number of carboxylic acid groups (broad SMARTS) is 1. The molecule has 88 valence electrons. The van der Waals surface area contributed by atoms with Gasteiger partial charge >= 0.3 is 5.97 Å². The van der Waals surface area contributed by atoms with Gasteiger partial charge in [0.2, 0.25) is 0 Å². The molecule has 0 aliphatic heterocycles. The fourth-order valence-electron chi connectivity index (χ4n) is 1.50. The molecule has 0 heterocycles. The lowest BCUT2D eigenvalue weighted by Crippen LogP contribution is -2.40. The molecule has 0 aliphatic carbocycles. The Morgan fingerprint density at radius 3 is 2.62 bits per heavy atom. The standard InChI is InChI=1S/C12H17NO3/c1-8(2)11(12(15)16)13-7-9-4-3-5-10(14)6-9/h3-6,8,11,13-14H,7H2,1-2H3,(H,15,16)/t11-/m0/s1. The zero-order valence-electron chi connectivity index (χ0n) is 9.47. The smallest absolute Gasteiger partial charge is 0.320 e. The fraction of sp³-hybridized carbons (Fsp3) is 0.417. The average molecular weight is 223 g/mol. The molecule has 0 saturated heterocycles. The maximum absolute atomic E-state index is 10.9. The van der Waals surface area contributed by atoms with Gasteiger partial charge < -0.3 is 15.5 Å². The second-order valence-electron chi connectivity index (χ2n) is 4.11. The number of carbonyl (C=O) groups is 1. The van der Waals surface area contributed by atoms with Crippen LogP contribution in [0.25, 0.3) is 0 Å². The zero-order chi connectivity index (χ0) is 12.1. The Hall–Kier alpha value is -1.55. The molecular weight excluding hydrogens is 206 g/mol. The number of aliphatic carboxylic acids is 1. The maximum atomic E-state index is 10.9. The summed E-state index contributed by atoms with van der Waals surface area (Å²) in [5.41, 5.74) is 0.868. The molecule has 0 fully saturated rings. The molecule has 1 atom stereocenters. The molecule has 3 N–H and O–H groups in total. The van der Waals surface area contributed by atoms with Gasteiger partial charge in [0.1, 0.15) is 11.8 Å². The van der Waals surface area contributed by atoms with Crippen LogP contribution in [-0.2, 0) is 11.3 Å². The molecule has 0 aromatic heterocycles. The van der Waals surface area contributed by atoms with E-state index in [1.807, 2.05) is 19.9 Å². The molecule has 0 unspecified atom stereocenters. The maximum Gasteiger partial charge on any atom is 0.320 e. The molecule has 0 amide bonds. The van der Waals surface area contributed by atoms with Crippen LogP contribution < -0.4 is 5.32 Å². The third-order valence-electron chi connectivity index (χ3n) is 2.37. The Labute approximate surface area is 94.9 Å². The minimum absolute atomic E-state index is 0.0230. The van der Waals surface area contributed by atoms with Crippen LogP contribution in [0, 0.1) is 5.92 Å². The highest BCUT2D eigenvalue weighted by molar-refractivity contribution is 5.73. The van der Waals surface area contributed by atoms with E-state index >= 15 is 0 Å². The Bertz CT molecular complexity index is 363. The van der Waals surface area contributed by atoms with E-state index in [2.05, 4.69) is 5.32 Å². The molecule has 0 aliphatic rings. The molecule has 1 aromatic rings. The van der Waals surface area contributed by atoms with E-state index in [1.54, 1.807) is 18.2 Å². The monoisotopic (exact) mass is 223 g/mol. The van der Waals surface area contributed by atoms with Gasteiger partial charge in [-0.15, -0.1) is 0 Å². The van der Waals surface area contributed by atoms with Crippen molar-refractivity contribution >= 4 is 5.97 Å². The van der Waals surface area contributed by atoms with E-state index in [-0.39, 0.29) is 11.7 Å². The summed E-state index contributed by atoms with van der Waals surface area (Å²) < 4.78 is 0. The average Bonchev–Trinajstić information content (AvgIpc) is 2.16. The van der Waals surface area contributed by atoms with Crippen LogP contribution in [0.3, 0.4) is 0 Å². The van der Waals surface area contributed by atoms with Crippen molar-refractivity contribution in [2.45, 2.75) is 26.4 Å². The number of nitrogens with one attached hydrogen (secondary N) is 1. The summed E-state index contributed by atoms with van der Waals surface area (Å²) in [7, 11) is 0. The molecule has 0 saturated carbocycles. The van der Waals surface area contributed by atoms with E-state index in [4.69, 9.17) is 5.11 Å². The SMILES string of the molecule is CC(C)[C@H](NCc1cccc(O)c1)C(=O)O. The number of benzene rings is 1. The van der Waals surface area contributed by atoms with E-state index in [1.165, 1.54) is 0 Å². The normalized spacial score (nSPS) is 12.7. The summed E-state index contributed by atoms with van der Waals surface area (Å²) in [5.74, 6) is -0.638. The lowest BCUT2D eigenvalue weighted by Gasteiger charge is -2.17. The van der Waals surface area contributed by atoms with Crippen molar-refractivity contribution in [3.63, 3.8) is 0 Å². The highest BCUT2D eigenvalue weighted by Gasteiger charge is 2.20. The minimum Gasteiger partial charge on any atom is -0.508 e. The molecule has 4 nitrogen and oxygen atoms in total. The predicted octanol–water partition coefficient (Wildman–Crippen LogP) is 1.59. The summed E-state index contributed by atoms with van der Waals surface area (Å²) in [6.45, 7) is 4.14. The zero-order valence-corrected chi connectivity index (χ0v) is 9.47. The highest BCUT2D eigenvalue weighted by atomic mass is 16.4. The van der Waals surface area contributed by atoms with Crippen molar-refractivity contribution in [2.24, 2.45) is 5.92 Å². The lowest BCUT2D eigenvalue weighted by molar-refractivity contribution is -0.140. The third-order valence-corrected chi connectivity index (χ3v) is 2.37. The first-order chi connectivity index (χ1) is 7.50. The lowest BCUT2D eigenvalue weighted by atomic mass is 10.0. The van der Waals surface area contributed by atoms with Crippen LogP contribution in [0.2, 0.25) is 0 Å². The number of hydrogen-bond donors (Lipinski definition) is 3. The summed E-state index contributed by atoms with van der Waals surface area (Å²) >= 11 is 0. The fourth-order valence-corrected chi connectivity index (χ4v) is 1.50. The van der Waals surface area contributed by atoms with Gasteiger partial charge in [-0.3, -0.25) is 4.79 Å². The second-order valence-corrected chi connectivity index (χ2v) is 4.11. The number of carboxylic acids is 1. The van der Waals surface area contributed by atoms with Crippen molar-refractivity contribution in [3.8, 4) is 5.75 Å². The predicted molar refractivity (Wildman–Crippen MR) is 61.2 cm³/mol. The molecule has 0 bridgehead atoms. The van der Waals surface area contributed by atoms with Gasteiger partial charge in [-0.1, -0.05) is 26.0 Å². The van der Waals surface area contributed by atoms with Crippen molar-refractivity contribution in [1.82, 2.24) is 5.32 Å². The Kier molecular flexibility index (Phi) is 4.31. The molecule has 16 heavy (non-hydrogen) atoms. The number of rotatable bonds is 5. The van der Waals surface area contributed by atoms with Crippen molar-refractivity contribution in [3.05, 3.63) is 29.8 Å². The van der Waals surface area contributed by atoms with Crippen LogP contribution in [0.1, 0.15) is 19.4 Å². The first-order valence-corrected chi connectivity index (χ1v) is 5.25. The molecule has 1 aromatic carbocycles. The number of phenols is 1. The molecule has 0 radical (unpaired) electrons. The van der Waals surface area contributed by atoms with Gasteiger partial charge in [0.25, 0.3) is 0 Å². The first-order valence-electron chi connectivity index (χ1n) is 5.25. The molecule has 0 spiro atoms. The minimum atomic E-state index is -0.852. The summed E-state index contributed by atoms with van der Waals surface area (Å²) in [6.07, 6.45) is 0. The third kappa shape index (κ3) is 3.55. The Balaban J connectivity index is 2.59. The summed E-state index contributed by atoms with van der Waals surface area (Å²) in [4.78, 5) is 10.9. The van der Waals surface area contributed by atoms with Crippen LogP contribution in [0.15, 0.2) is 24.3 Å². The van der Waals surface area contributed by atoms with Crippen LogP contribution >= 0.6 is 0 Å². The first kappa shape index (κ1) is 12.5. The van der Waals surface area contributed by atoms with Gasteiger partial charge in [-0.25, -0.2) is 0 Å². The van der Waals surface area contributed by atoms with Crippen LogP contribution in [0.4, 0.5) is 0 Å². The molecular formula is C12H17NO3. The molecule has 1 rings (SSSR count). The van der Waals surface area contributed by atoms with Gasteiger partial charge in [0, 0.05) is 6.54 Å². The highest BCUT2D eigenvalue weighted by Crippen LogP contribution is 2.11. The van der Waals surface area contributed by atoms with E-state index in [0.29, 0.717) is 6.54 Å². The van der Waals surface area contributed by atoms with Crippen LogP contribution in [-0.4, -0.2) is 22.2 Å². The van der Waals surface area contributed by atoms with E-state index in [9.17, 15) is 9.90 Å². The van der Waals surface area contributed by atoms with Crippen LogP contribution in [0.5, 0.6) is 5.75 Å². The summed E-state index contributed by atoms with van der Waals surface area (Å²) in [5, 5.41) is 21.2. The van der Waals surface area contributed by atoms with E-state index in [0.717, 1.165) is 5.56 Å². The van der Waals surface area contributed by atoms with Crippen molar-refractivity contribution in [1.29, 1.82) is 0 Å². The van der Waals surface area contributed by atoms with Gasteiger partial charge in [-0.05, 0) is 23.6 Å². The van der Waals surface area contributed by atoms with Gasteiger partial charge in [0.15, 0.2) is 0 Å². The topological polar surface area (TPSA) is 69.6 Å². The second kappa shape index (κ2) is 5.51. The summed E-state index contributed by atoms with van der Waals surface area (Å²) in [6, 6.07) is 6.21. The van der Waals surface area contributed by atoms with Crippen molar-refractivity contribution in [2.75, 3.05) is 0 Å². The number of phenolic OH excluding ortho intramolecular Hbond substituents is 1. The Morgan fingerprint density at radius 1 is 1.44 bits per heavy atom. The van der Waals surface area contributed by atoms with Gasteiger partial charge in [-0.2, -0.15) is 0 Å². The van der Waals surface area contributed by atoms with E-state index < -0.39 is 12.0 Å². The quantitative estimate of drug-likeness (QED) is 0.709. The van der Waals surface area contributed by atoms with Crippen molar-refractivity contribution < 1.29 is 15.0 Å². The Morgan fingerprint density at radius 2 is 2.12 bits per heavy atom.